The number of thiazole rings is 1. The highest BCUT2D eigenvalue weighted by Crippen LogP contribution is 2.25. The monoisotopic (exact) mass is 305 g/mol. The Bertz CT molecular complexity index is 745. The molecule has 3 rings (SSSR count). The Kier molecular flexibility index (Phi) is 3.78. The van der Waals surface area contributed by atoms with Crippen molar-refractivity contribution in [3.8, 4) is 0 Å². The van der Waals surface area contributed by atoms with Crippen molar-refractivity contribution in [2.75, 3.05) is 0 Å². The lowest BCUT2D eigenvalue weighted by Crippen LogP contribution is -2.00. The summed E-state index contributed by atoms with van der Waals surface area (Å²) >= 11 is 7.83. The van der Waals surface area contributed by atoms with Crippen LogP contribution in [0.3, 0.4) is 0 Å². The fraction of sp³-hybridized carbons (Fsp3) is 0.267. The molecule has 2 aromatic heterocycles. The normalized spacial score (nSPS) is 11.3. The van der Waals surface area contributed by atoms with Crippen molar-refractivity contribution >= 4 is 33.8 Å². The molecular weight excluding hydrogens is 290 g/mol. The SMILES string of the molecule is Cc1ncsc1CCn1cc(CN)c2ccc(Cl)cc21. The highest BCUT2D eigenvalue weighted by Gasteiger charge is 2.09. The number of benzene rings is 1. The smallest absolute Gasteiger partial charge is 0.0797 e. The first-order valence-corrected chi connectivity index (χ1v) is 7.81. The van der Waals surface area contributed by atoms with Gasteiger partial charge in [-0.25, -0.2) is 4.98 Å². The maximum atomic E-state index is 6.12. The number of nitrogens with two attached hydrogens (primary N) is 1. The van der Waals surface area contributed by atoms with E-state index in [-0.39, 0.29) is 0 Å². The second kappa shape index (κ2) is 5.56. The lowest BCUT2D eigenvalue weighted by molar-refractivity contribution is 0.723. The van der Waals surface area contributed by atoms with Crippen LogP contribution in [0.1, 0.15) is 16.1 Å². The van der Waals surface area contributed by atoms with E-state index in [0.717, 1.165) is 34.8 Å². The zero-order valence-electron chi connectivity index (χ0n) is 11.3. The van der Waals surface area contributed by atoms with E-state index in [1.165, 1.54) is 10.3 Å². The van der Waals surface area contributed by atoms with Crippen molar-refractivity contribution in [3.63, 3.8) is 0 Å². The quantitative estimate of drug-likeness (QED) is 0.797. The predicted octanol–water partition coefficient (Wildman–Crippen LogP) is 3.76. The zero-order valence-corrected chi connectivity index (χ0v) is 12.8. The van der Waals surface area contributed by atoms with Crippen molar-refractivity contribution in [3.05, 3.63) is 51.1 Å². The molecule has 5 heteroatoms. The summed E-state index contributed by atoms with van der Waals surface area (Å²) in [5.41, 5.74) is 11.2. The van der Waals surface area contributed by atoms with Crippen LogP contribution < -0.4 is 5.73 Å². The average Bonchev–Trinajstić information content (AvgIpc) is 3.00. The third kappa shape index (κ3) is 2.46. The van der Waals surface area contributed by atoms with Gasteiger partial charge in [-0.15, -0.1) is 11.3 Å². The van der Waals surface area contributed by atoms with E-state index in [1.54, 1.807) is 11.3 Å². The van der Waals surface area contributed by atoms with Gasteiger partial charge in [-0.3, -0.25) is 0 Å². The van der Waals surface area contributed by atoms with Crippen LogP contribution in [0, 0.1) is 6.92 Å². The lowest BCUT2D eigenvalue weighted by Gasteiger charge is -2.05. The minimum Gasteiger partial charge on any atom is -0.347 e. The largest absolute Gasteiger partial charge is 0.347 e. The molecule has 2 N–H and O–H groups in total. The minimum absolute atomic E-state index is 0.546. The van der Waals surface area contributed by atoms with Crippen molar-refractivity contribution in [1.82, 2.24) is 9.55 Å². The molecule has 0 spiro atoms. The van der Waals surface area contributed by atoms with E-state index in [2.05, 4.69) is 22.7 Å². The van der Waals surface area contributed by atoms with Crippen molar-refractivity contribution in [2.24, 2.45) is 5.73 Å². The molecule has 0 bridgehead atoms. The molecule has 3 aromatic rings. The Balaban J connectivity index is 1.94. The number of fused-ring (bicyclic) bond motifs is 1. The van der Waals surface area contributed by atoms with Crippen molar-refractivity contribution < 1.29 is 0 Å². The average molecular weight is 306 g/mol. The van der Waals surface area contributed by atoms with Crippen LogP contribution in [-0.4, -0.2) is 9.55 Å². The maximum Gasteiger partial charge on any atom is 0.0797 e. The molecule has 0 saturated heterocycles. The molecule has 0 aliphatic rings. The van der Waals surface area contributed by atoms with Gasteiger partial charge < -0.3 is 10.3 Å². The second-order valence-electron chi connectivity index (χ2n) is 4.82. The molecule has 2 heterocycles. The van der Waals surface area contributed by atoms with Gasteiger partial charge in [0.15, 0.2) is 0 Å². The first-order chi connectivity index (χ1) is 9.69. The summed E-state index contributed by atoms with van der Waals surface area (Å²) in [5.74, 6) is 0. The maximum absolute atomic E-state index is 6.12. The third-order valence-electron chi connectivity index (χ3n) is 3.57. The van der Waals surface area contributed by atoms with E-state index in [4.69, 9.17) is 17.3 Å². The number of aryl methyl sites for hydroxylation is 3. The lowest BCUT2D eigenvalue weighted by atomic mass is 10.2. The van der Waals surface area contributed by atoms with Crippen LogP contribution >= 0.6 is 22.9 Å². The van der Waals surface area contributed by atoms with E-state index >= 15 is 0 Å². The number of hydrogen-bond acceptors (Lipinski definition) is 3. The Morgan fingerprint density at radius 1 is 1.40 bits per heavy atom. The van der Waals surface area contributed by atoms with E-state index < -0.39 is 0 Å². The summed E-state index contributed by atoms with van der Waals surface area (Å²) in [6.45, 7) is 3.52. The van der Waals surface area contributed by atoms with Crippen LogP contribution in [0.25, 0.3) is 10.9 Å². The van der Waals surface area contributed by atoms with Crippen LogP contribution in [0.4, 0.5) is 0 Å². The topological polar surface area (TPSA) is 43.8 Å². The van der Waals surface area contributed by atoms with Crippen molar-refractivity contribution in [1.29, 1.82) is 0 Å². The Hall–Kier alpha value is -1.36. The van der Waals surface area contributed by atoms with Crippen LogP contribution in [-0.2, 0) is 19.5 Å². The molecule has 0 aliphatic carbocycles. The Morgan fingerprint density at radius 2 is 2.25 bits per heavy atom. The van der Waals surface area contributed by atoms with Crippen LogP contribution in [0.5, 0.6) is 0 Å². The number of aromatic nitrogens is 2. The van der Waals surface area contributed by atoms with Crippen LogP contribution in [0.15, 0.2) is 29.9 Å². The number of halogens is 1. The molecule has 3 nitrogen and oxygen atoms in total. The molecule has 0 amide bonds. The second-order valence-corrected chi connectivity index (χ2v) is 6.20. The van der Waals surface area contributed by atoms with Crippen molar-refractivity contribution in [2.45, 2.75) is 26.4 Å². The minimum atomic E-state index is 0.546. The van der Waals surface area contributed by atoms with Gasteiger partial charge in [0, 0.05) is 46.5 Å². The Labute approximate surface area is 127 Å². The predicted molar refractivity (Wildman–Crippen MR) is 85.4 cm³/mol. The highest BCUT2D eigenvalue weighted by molar-refractivity contribution is 7.09. The standard InChI is InChI=1S/C15H16ClN3S/c1-10-15(20-9-18-10)4-5-19-8-11(7-17)13-3-2-12(16)6-14(13)19/h2-3,6,8-9H,4-5,7,17H2,1H3. The zero-order chi connectivity index (χ0) is 14.1. The molecule has 0 saturated carbocycles. The van der Waals surface area contributed by atoms with Gasteiger partial charge in [-0.2, -0.15) is 0 Å². The summed E-state index contributed by atoms with van der Waals surface area (Å²) in [5, 5.41) is 1.95. The fourth-order valence-electron chi connectivity index (χ4n) is 2.48. The van der Waals surface area contributed by atoms with Gasteiger partial charge in [0.2, 0.25) is 0 Å². The summed E-state index contributed by atoms with van der Waals surface area (Å²) in [6, 6.07) is 5.98. The highest BCUT2D eigenvalue weighted by atomic mass is 35.5. The van der Waals surface area contributed by atoms with Crippen LogP contribution in [0.2, 0.25) is 5.02 Å². The molecule has 0 aliphatic heterocycles. The van der Waals surface area contributed by atoms with E-state index in [0.29, 0.717) is 6.54 Å². The van der Waals surface area contributed by atoms with E-state index in [1.807, 2.05) is 23.7 Å². The molecule has 0 radical (unpaired) electrons. The molecular formula is C15H16ClN3S. The Morgan fingerprint density at radius 3 is 2.95 bits per heavy atom. The van der Waals surface area contributed by atoms with Gasteiger partial charge in [-0.1, -0.05) is 17.7 Å². The van der Waals surface area contributed by atoms with Gasteiger partial charge in [0.05, 0.1) is 11.2 Å². The number of hydrogen-bond donors (Lipinski definition) is 1. The fourth-order valence-corrected chi connectivity index (χ4v) is 3.41. The summed E-state index contributed by atoms with van der Waals surface area (Å²) in [7, 11) is 0. The van der Waals surface area contributed by atoms with E-state index in [9.17, 15) is 0 Å². The molecule has 104 valence electrons. The molecule has 1 aromatic carbocycles. The summed E-state index contributed by atoms with van der Waals surface area (Å²) < 4.78 is 2.24. The molecule has 0 unspecified atom stereocenters. The summed E-state index contributed by atoms with van der Waals surface area (Å²) in [6.07, 6.45) is 3.12. The molecule has 0 fully saturated rings. The van der Waals surface area contributed by atoms with Gasteiger partial charge in [-0.05, 0) is 24.6 Å². The number of rotatable bonds is 4. The first kappa shape index (κ1) is 13.6. The number of nitrogens with zero attached hydrogens (tertiary/aromatic N) is 2. The van der Waals surface area contributed by atoms with Gasteiger partial charge in [0.1, 0.15) is 0 Å². The molecule has 20 heavy (non-hydrogen) atoms. The summed E-state index contributed by atoms with van der Waals surface area (Å²) in [4.78, 5) is 5.63. The third-order valence-corrected chi connectivity index (χ3v) is 4.80. The first-order valence-electron chi connectivity index (χ1n) is 6.55. The van der Waals surface area contributed by atoms with Gasteiger partial charge in [0.25, 0.3) is 0 Å². The van der Waals surface area contributed by atoms with Gasteiger partial charge >= 0.3 is 0 Å². The molecule has 0 atom stereocenters.